The van der Waals surface area contributed by atoms with Crippen LogP contribution >= 0.6 is 0 Å². The van der Waals surface area contributed by atoms with Crippen molar-refractivity contribution in [2.75, 3.05) is 36.5 Å². The van der Waals surface area contributed by atoms with Crippen LogP contribution in [0.3, 0.4) is 0 Å². The van der Waals surface area contributed by atoms with Crippen LogP contribution < -0.4 is 15.0 Å². The van der Waals surface area contributed by atoms with Crippen LogP contribution in [0.1, 0.15) is 19.3 Å². The standard InChI is InChI=1S/C21H23N3O5S/c25-20(15-24-18-5-1-2-6-19(18)29-14-11-21(24)26)22-16-7-9-17(10-8-16)30(27,28)23-12-3-4-13-23/h1-2,5-10H,3-4,11-15H2,(H,22,25). The predicted molar refractivity (Wildman–Crippen MR) is 112 cm³/mol. The third kappa shape index (κ3) is 4.17. The van der Waals surface area contributed by atoms with Gasteiger partial charge in [0, 0.05) is 18.8 Å². The highest BCUT2D eigenvalue weighted by Crippen LogP contribution is 2.31. The Morgan fingerprint density at radius 2 is 1.73 bits per heavy atom. The molecule has 1 saturated heterocycles. The van der Waals surface area contributed by atoms with Crippen molar-refractivity contribution in [3.8, 4) is 5.75 Å². The van der Waals surface area contributed by atoms with Gasteiger partial charge in [-0.2, -0.15) is 4.31 Å². The van der Waals surface area contributed by atoms with Gasteiger partial charge in [0.1, 0.15) is 12.3 Å². The number of rotatable bonds is 5. The fourth-order valence-electron chi connectivity index (χ4n) is 3.63. The number of amides is 2. The number of sulfonamides is 1. The molecule has 2 aliphatic heterocycles. The molecule has 30 heavy (non-hydrogen) atoms. The average Bonchev–Trinajstić information content (AvgIpc) is 3.24. The molecular formula is C21H23N3O5S. The number of anilines is 2. The molecule has 2 heterocycles. The van der Waals surface area contributed by atoms with E-state index in [-0.39, 0.29) is 36.3 Å². The quantitative estimate of drug-likeness (QED) is 0.786. The molecular weight excluding hydrogens is 406 g/mol. The van der Waals surface area contributed by atoms with Gasteiger partial charge in [0.05, 0.1) is 23.6 Å². The Labute approximate surface area is 175 Å². The Morgan fingerprint density at radius 3 is 2.47 bits per heavy atom. The zero-order chi connectivity index (χ0) is 21.1. The summed E-state index contributed by atoms with van der Waals surface area (Å²) in [7, 11) is -3.50. The van der Waals surface area contributed by atoms with Gasteiger partial charge in [0.25, 0.3) is 0 Å². The molecule has 0 aliphatic carbocycles. The summed E-state index contributed by atoms with van der Waals surface area (Å²) in [5.74, 6) is -0.00928. The highest BCUT2D eigenvalue weighted by Gasteiger charge is 2.27. The van der Waals surface area contributed by atoms with Crippen molar-refractivity contribution in [3.63, 3.8) is 0 Å². The van der Waals surface area contributed by atoms with Gasteiger partial charge in [-0.05, 0) is 49.2 Å². The van der Waals surface area contributed by atoms with Gasteiger partial charge in [-0.3, -0.25) is 14.5 Å². The largest absolute Gasteiger partial charge is 0.491 e. The number of para-hydroxylation sites is 2. The summed E-state index contributed by atoms with van der Waals surface area (Å²) < 4.78 is 32.3. The lowest BCUT2D eigenvalue weighted by Crippen LogP contribution is -2.37. The van der Waals surface area contributed by atoms with Gasteiger partial charge >= 0.3 is 0 Å². The molecule has 0 radical (unpaired) electrons. The summed E-state index contributed by atoms with van der Waals surface area (Å²) in [4.78, 5) is 26.6. The van der Waals surface area contributed by atoms with E-state index in [1.165, 1.54) is 21.3 Å². The molecule has 1 N–H and O–H groups in total. The maximum Gasteiger partial charge on any atom is 0.244 e. The molecule has 0 saturated carbocycles. The summed E-state index contributed by atoms with van der Waals surface area (Å²) in [5, 5.41) is 2.73. The summed E-state index contributed by atoms with van der Waals surface area (Å²) in [6.07, 6.45) is 1.93. The Balaban J connectivity index is 1.45. The molecule has 0 aromatic heterocycles. The highest BCUT2D eigenvalue weighted by molar-refractivity contribution is 7.89. The van der Waals surface area contributed by atoms with Gasteiger partial charge in [-0.1, -0.05) is 12.1 Å². The van der Waals surface area contributed by atoms with E-state index < -0.39 is 10.0 Å². The van der Waals surface area contributed by atoms with Crippen molar-refractivity contribution in [2.45, 2.75) is 24.2 Å². The minimum atomic E-state index is -3.50. The van der Waals surface area contributed by atoms with Gasteiger partial charge < -0.3 is 10.1 Å². The molecule has 2 aromatic carbocycles. The number of hydrogen-bond donors (Lipinski definition) is 1. The predicted octanol–water partition coefficient (Wildman–Crippen LogP) is 2.23. The lowest BCUT2D eigenvalue weighted by atomic mass is 10.2. The van der Waals surface area contributed by atoms with Gasteiger partial charge in [0.2, 0.25) is 21.8 Å². The van der Waals surface area contributed by atoms with E-state index in [0.29, 0.717) is 30.2 Å². The average molecular weight is 429 g/mol. The van der Waals surface area contributed by atoms with Crippen LogP contribution in [0.25, 0.3) is 0 Å². The van der Waals surface area contributed by atoms with Crippen LogP contribution in [0.15, 0.2) is 53.4 Å². The molecule has 2 aromatic rings. The number of fused-ring (bicyclic) bond motifs is 1. The molecule has 2 amide bonds. The van der Waals surface area contributed by atoms with E-state index in [4.69, 9.17) is 4.74 Å². The lowest BCUT2D eigenvalue weighted by Gasteiger charge is -2.21. The van der Waals surface area contributed by atoms with E-state index in [1.807, 2.05) is 6.07 Å². The minimum Gasteiger partial charge on any atom is -0.491 e. The van der Waals surface area contributed by atoms with Crippen LogP contribution in [0.5, 0.6) is 5.75 Å². The first-order chi connectivity index (χ1) is 14.4. The van der Waals surface area contributed by atoms with E-state index in [9.17, 15) is 18.0 Å². The topological polar surface area (TPSA) is 96.0 Å². The number of benzene rings is 2. The van der Waals surface area contributed by atoms with E-state index in [2.05, 4.69) is 5.32 Å². The van der Waals surface area contributed by atoms with Crippen LogP contribution in [-0.2, 0) is 19.6 Å². The molecule has 8 nitrogen and oxygen atoms in total. The second-order valence-electron chi connectivity index (χ2n) is 7.23. The SMILES string of the molecule is O=C(CN1C(=O)CCOc2ccccc21)Nc1ccc(S(=O)(=O)N2CCCC2)cc1. The highest BCUT2D eigenvalue weighted by atomic mass is 32.2. The van der Waals surface area contributed by atoms with Crippen molar-refractivity contribution >= 4 is 33.2 Å². The van der Waals surface area contributed by atoms with Crippen molar-refractivity contribution in [3.05, 3.63) is 48.5 Å². The van der Waals surface area contributed by atoms with Crippen LogP contribution in [0, 0.1) is 0 Å². The van der Waals surface area contributed by atoms with Crippen molar-refractivity contribution in [1.29, 1.82) is 0 Å². The molecule has 4 rings (SSSR count). The normalized spacial score (nSPS) is 17.2. The molecule has 0 unspecified atom stereocenters. The number of carbonyl (C=O) groups excluding carboxylic acids is 2. The van der Waals surface area contributed by atoms with Gasteiger partial charge in [-0.15, -0.1) is 0 Å². The zero-order valence-corrected chi connectivity index (χ0v) is 17.2. The van der Waals surface area contributed by atoms with Crippen LogP contribution in [0.4, 0.5) is 11.4 Å². The summed E-state index contributed by atoms with van der Waals surface area (Å²) >= 11 is 0. The molecule has 0 bridgehead atoms. The lowest BCUT2D eigenvalue weighted by molar-refractivity contribution is -0.121. The second-order valence-corrected chi connectivity index (χ2v) is 9.17. The van der Waals surface area contributed by atoms with Crippen LogP contribution in [0.2, 0.25) is 0 Å². The fraction of sp³-hybridized carbons (Fsp3) is 0.333. The smallest absolute Gasteiger partial charge is 0.244 e. The number of hydrogen-bond acceptors (Lipinski definition) is 5. The van der Waals surface area contributed by atoms with Crippen molar-refractivity contribution in [2.24, 2.45) is 0 Å². The van der Waals surface area contributed by atoms with Crippen LogP contribution in [-0.4, -0.2) is 50.8 Å². The fourth-order valence-corrected chi connectivity index (χ4v) is 5.14. The van der Waals surface area contributed by atoms with Crippen molar-refractivity contribution < 1.29 is 22.7 Å². The molecule has 158 valence electrons. The van der Waals surface area contributed by atoms with E-state index in [0.717, 1.165) is 12.8 Å². The molecule has 9 heteroatoms. The maximum atomic E-state index is 12.6. The van der Waals surface area contributed by atoms with E-state index in [1.54, 1.807) is 30.3 Å². The molecule has 0 spiro atoms. The van der Waals surface area contributed by atoms with E-state index >= 15 is 0 Å². The Hall–Kier alpha value is -2.91. The summed E-state index contributed by atoms with van der Waals surface area (Å²) in [6, 6.07) is 13.2. The van der Waals surface area contributed by atoms with Gasteiger partial charge in [-0.25, -0.2) is 8.42 Å². The molecule has 1 fully saturated rings. The Kier molecular flexibility index (Phi) is 5.74. The Bertz CT molecular complexity index is 1050. The number of carbonyl (C=O) groups is 2. The molecule has 0 atom stereocenters. The first-order valence-electron chi connectivity index (χ1n) is 9.87. The monoisotopic (exact) mass is 429 g/mol. The maximum absolute atomic E-state index is 12.6. The summed E-state index contributed by atoms with van der Waals surface area (Å²) in [5.41, 5.74) is 1.02. The van der Waals surface area contributed by atoms with Gasteiger partial charge in [0.15, 0.2) is 0 Å². The third-order valence-corrected chi connectivity index (χ3v) is 7.09. The summed E-state index contributed by atoms with van der Waals surface area (Å²) in [6.45, 7) is 1.18. The molecule has 2 aliphatic rings. The first kappa shape index (κ1) is 20.4. The minimum absolute atomic E-state index is 0.160. The third-order valence-electron chi connectivity index (χ3n) is 5.17. The second kappa shape index (κ2) is 8.45. The number of nitrogens with zero attached hydrogens (tertiary/aromatic N) is 2. The Morgan fingerprint density at radius 1 is 1.03 bits per heavy atom. The zero-order valence-electron chi connectivity index (χ0n) is 16.4. The number of nitrogens with one attached hydrogen (secondary N) is 1. The number of ether oxygens (including phenoxy) is 1. The first-order valence-corrected chi connectivity index (χ1v) is 11.3. The van der Waals surface area contributed by atoms with Crippen molar-refractivity contribution in [1.82, 2.24) is 4.31 Å².